The number of carbonyl (C=O) groups excluding carboxylic acids is 2. The zero-order chi connectivity index (χ0) is 16.3. The molecule has 0 radical (unpaired) electrons. The molecule has 2 rings (SSSR count). The van der Waals surface area contributed by atoms with Crippen molar-refractivity contribution < 1.29 is 19.4 Å². The molecule has 2 N–H and O–H groups in total. The highest BCUT2D eigenvalue weighted by Gasteiger charge is 2.15. The normalized spacial score (nSPS) is 10.1. The van der Waals surface area contributed by atoms with Crippen molar-refractivity contribution in [3.8, 4) is 5.75 Å². The molecule has 0 aliphatic carbocycles. The number of hydrogen-bond acceptors (Lipinski definition) is 4. The highest BCUT2D eigenvalue weighted by molar-refractivity contribution is 9.11. The monoisotopic (exact) mass is 427 g/mol. The van der Waals surface area contributed by atoms with Crippen LogP contribution in [0.1, 0.15) is 20.7 Å². The van der Waals surface area contributed by atoms with Crippen molar-refractivity contribution in [1.82, 2.24) is 0 Å². The van der Waals surface area contributed by atoms with E-state index in [-0.39, 0.29) is 17.2 Å². The number of hydrogen-bond donors (Lipinski definition) is 2. The fourth-order valence-electron chi connectivity index (χ4n) is 1.76. The summed E-state index contributed by atoms with van der Waals surface area (Å²) in [5, 5.41) is 12.3. The number of halogens is 2. The zero-order valence-corrected chi connectivity index (χ0v) is 14.6. The Labute approximate surface area is 143 Å². The summed E-state index contributed by atoms with van der Waals surface area (Å²) in [5.74, 6) is -1.25. The molecule has 0 saturated heterocycles. The van der Waals surface area contributed by atoms with Gasteiger partial charge in [-0.3, -0.25) is 4.79 Å². The van der Waals surface area contributed by atoms with Crippen molar-refractivity contribution in [2.75, 3.05) is 12.4 Å². The number of phenolic OH excluding ortho intramolecular Hbond substituents is 1. The number of amides is 1. The number of rotatable bonds is 3. The summed E-state index contributed by atoms with van der Waals surface area (Å²) in [4.78, 5) is 23.8. The van der Waals surface area contributed by atoms with Crippen LogP contribution in [0, 0.1) is 0 Å². The molecule has 114 valence electrons. The molecule has 0 saturated carbocycles. The molecule has 0 atom stereocenters. The van der Waals surface area contributed by atoms with E-state index in [9.17, 15) is 14.7 Å². The Hall–Kier alpha value is -1.86. The summed E-state index contributed by atoms with van der Waals surface area (Å²) in [6, 6.07) is 9.38. The Balaban J connectivity index is 2.29. The van der Waals surface area contributed by atoms with Crippen LogP contribution in [0.2, 0.25) is 0 Å². The third kappa shape index (κ3) is 3.66. The molecule has 2 aromatic rings. The van der Waals surface area contributed by atoms with Gasteiger partial charge < -0.3 is 15.2 Å². The van der Waals surface area contributed by atoms with Crippen LogP contribution in [0.5, 0.6) is 5.75 Å². The van der Waals surface area contributed by atoms with Gasteiger partial charge in [-0.05, 0) is 52.3 Å². The molecule has 0 spiro atoms. The van der Waals surface area contributed by atoms with Crippen LogP contribution in [0.15, 0.2) is 45.3 Å². The zero-order valence-electron chi connectivity index (χ0n) is 11.4. The number of nitrogens with one attached hydrogen (secondary N) is 1. The van der Waals surface area contributed by atoms with Crippen LogP contribution in [0.25, 0.3) is 0 Å². The molecule has 0 unspecified atom stereocenters. The molecule has 5 nitrogen and oxygen atoms in total. The predicted molar refractivity (Wildman–Crippen MR) is 89.2 cm³/mol. The molecule has 0 aliphatic heterocycles. The van der Waals surface area contributed by atoms with Crippen LogP contribution in [-0.4, -0.2) is 24.1 Å². The Morgan fingerprint density at radius 1 is 1.09 bits per heavy atom. The molecule has 0 fully saturated rings. The van der Waals surface area contributed by atoms with Gasteiger partial charge in [-0.15, -0.1) is 0 Å². The summed E-state index contributed by atoms with van der Waals surface area (Å²) in [5.41, 5.74) is 0.783. The molecule has 1 amide bonds. The molecule has 0 heterocycles. The largest absolute Gasteiger partial charge is 0.507 e. The molecule has 2 aromatic carbocycles. The summed E-state index contributed by atoms with van der Waals surface area (Å²) in [6.45, 7) is 0. The summed E-state index contributed by atoms with van der Waals surface area (Å²) >= 11 is 6.61. The summed E-state index contributed by atoms with van der Waals surface area (Å²) in [6.07, 6.45) is 0. The SMILES string of the molecule is COC(=O)c1cc(NC(=O)c2cc(Br)ccc2Br)ccc1O. The first-order valence-electron chi connectivity index (χ1n) is 6.10. The van der Waals surface area contributed by atoms with E-state index in [1.54, 1.807) is 18.2 Å². The number of anilines is 1. The fourth-order valence-corrected chi connectivity index (χ4v) is 2.54. The topological polar surface area (TPSA) is 75.6 Å². The van der Waals surface area contributed by atoms with Crippen molar-refractivity contribution in [1.29, 1.82) is 0 Å². The van der Waals surface area contributed by atoms with Gasteiger partial charge in [0.2, 0.25) is 0 Å². The standard InChI is InChI=1S/C15H11Br2NO4/c1-22-15(21)11-7-9(3-5-13(11)19)18-14(20)10-6-8(16)2-4-12(10)17/h2-7,19H,1H3,(H,18,20). The third-order valence-electron chi connectivity index (χ3n) is 2.83. The van der Waals surface area contributed by atoms with Gasteiger partial charge in [0, 0.05) is 14.6 Å². The molecule has 7 heteroatoms. The maximum atomic E-state index is 12.3. The maximum absolute atomic E-state index is 12.3. The van der Waals surface area contributed by atoms with Gasteiger partial charge in [0.15, 0.2) is 0 Å². The van der Waals surface area contributed by atoms with Crippen molar-refractivity contribution >= 4 is 49.4 Å². The van der Waals surface area contributed by atoms with Gasteiger partial charge in [0.25, 0.3) is 5.91 Å². The van der Waals surface area contributed by atoms with Crippen molar-refractivity contribution in [3.63, 3.8) is 0 Å². The smallest absolute Gasteiger partial charge is 0.341 e. The van der Waals surface area contributed by atoms with Crippen LogP contribution < -0.4 is 5.32 Å². The Morgan fingerprint density at radius 3 is 2.50 bits per heavy atom. The Morgan fingerprint density at radius 2 is 1.82 bits per heavy atom. The average molecular weight is 429 g/mol. The molecule has 0 aliphatic rings. The Kier molecular flexibility index (Phi) is 5.20. The van der Waals surface area contributed by atoms with Gasteiger partial charge in [0.1, 0.15) is 11.3 Å². The summed E-state index contributed by atoms with van der Waals surface area (Å²) < 4.78 is 5.98. The number of ether oxygens (including phenoxy) is 1. The molecule has 0 aromatic heterocycles. The van der Waals surface area contributed by atoms with Gasteiger partial charge in [-0.25, -0.2) is 4.79 Å². The molecule has 22 heavy (non-hydrogen) atoms. The number of phenols is 1. The highest BCUT2D eigenvalue weighted by Crippen LogP contribution is 2.25. The quantitative estimate of drug-likeness (QED) is 0.573. The van der Waals surface area contributed by atoms with E-state index in [0.717, 1.165) is 4.47 Å². The van der Waals surface area contributed by atoms with Gasteiger partial charge in [-0.2, -0.15) is 0 Å². The first kappa shape index (κ1) is 16.5. The lowest BCUT2D eigenvalue weighted by atomic mass is 10.1. The second kappa shape index (κ2) is 6.93. The minimum absolute atomic E-state index is 0.0198. The van der Waals surface area contributed by atoms with E-state index in [4.69, 9.17) is 0 Å². The van der Waals surface area contributed by atoms with E-state index < -0.39 is 5.97 Å². The van der Waals surface area contributed by atoms with Crippen LogP contribution in [0.3, 0.4) is 0 Å². The van der Waals surface area contributed by atoms with Crippen molar-refractivity contribution in [2.45, 2.75) is 0 Å². The van der Waals surface area contributed by atoms with Crippen LogP contribution in [-0.2, 0) is 4.74 Å². The van der Waals surface area contributed by atoms with E-state index in [0.29, 0.717) is 15.7 Å². The lowest BCUT2D eigenvalue weighted by Gasteiger charge is -2.09. The number of carbonyl (C=O) groups is 2. The minimum Gasteiger partial charge on any atom is -0.507 e. The van der Waals surface area contributed by atoms with E-state index in [1.165, 1.54) is 25.3 Å². The molecule has 0 bridgehead atoms. The molecular weight excluding hydrogens is 418 g/mol. The van der Waals surface area contributed by atoms with E-state index >= 15 is 0 Å². The fraction of sp³-hybridized carbons (Fsp3) is 0.0667. The van der Waals surface area contributed by atoms with Crippen LogP contribution >= 0.6 is 31.9 Å². The lowest BCUT2D eigenvalue weighted by Crippen LogP contribution is -2.13. The molecular formula is C15H11Br2NO4. The lowest BCUT2D eigenvalue weighted by molar-refractivity contribution is 0.0597. The van der Waals surface area contributed by atoms with Gasteiger partial charge in [0.05, 0.1) is 12.7 Å². The van der Waals surface area contributed by atoms with Gasteiger partial charge in [-0.1, -0.05) is 15.9 Å². The van der Waals surface area contributed by atoms with Gasteiger partial charge >= 0.3 is 5.97 Å². The second-order valence-corrected chi connectivity index (χ2v) is 6.07. The second-order valence-electron chi connectivity index (χ2n) is 4.30. The maximum Gasteiger partial charge on any atom is 0.341 e. The number of methoxy groups -OCH3 is 1. The third-order valence-corrected chi connectivity index (χ3v) is 4.02. The minimum atomic E-state index is -0.683. The number of esters is 1. The van der Waals surface area contributed by atoms with Crippen LogP contribution in [0.4, 0.5) is 5.69 Å². The first-order valence-corrected chi connectivity index (χ1v) is 7.68. The predicted octanol–water partition coefficient (Wildman–Crippen LogP) is 3.96. The number of aromatic hydroxyl groups is 1. The summed E-state index contributed by atoms with van der Waals surface area (Å²) in [7, 11) is 1.21. The first-order chi connectivity index (χ1) is 10.4. The number of benzene rings is 2. The van der Waals surface area contributed by atoms with Crippen molar-refractivity contribution in [2.24, 2.45) is 0 Å². The Bertz CT molecular complexity index is 746. The van der Waals surface area contributed by atoms with E-state index in [1.807, 2.05) is 0 Å². The highest BCUT2D eigenvalue weighted by atomic mass is 79.9. The van der Waals surface area contributed by atoms with E-state index in [2.05, 4.69) is 41.9 Å². The average Bonchev–Trinajstić information content (AvgIpc) is 2.50. The van der Waals surface area contributed by atoms with Crippen molar-refractivity contribution in [3.05, 3.63) is 56.5 Å².